The van der Waals surface area contributed by atoms with Crippen molar-refractivity contribution in [3.8, 4) is 11.5 Å². The minimum Gasteiger partial charge on any atom is -0.494 e. The van der Waals surface area contributed by atoms with Gasteiger partial charge in [0, 0.05) is 108 Å². The lowest BCUT2D eigenvalue weighted by Gasteiger charge is -2.36. The number of benzene rings is 4. The number of piperazine rings is 2. The molecule has 2 saturated heterocycles. The number of thiophene rings is 2. The number of nitrogens with zero attached hydrogens (tertiary/aromatic N) is 6. The van der Waals surface area contributed by atoms with Gasteiger partial charge in [0.25, 0.3) is 11.1 Å². The number of ether oxygens (including phenoxy) is 4. The summed E-state index contributed by atoms with van der Waals surface area (Å²) < 4.78 is 29.5. The molecule has 16 heteroatoms. The van der Waals surface area contributed by atoms with E-state index in [1.807, 2.05) is 50.2 Å². The van der Waals surface area contributed by atoms with Gasteiger partial charge in [-0.15, -0.1) is 22.7 Å². The van der Waals surface area contributed by atoms with Gasteiger partial charge in [-0.2, -0.15) is 0 Å². The van der Waals surface area contributed by atoms with E-state index in [9.17, 15) is 19.2 Å². The molecule has 4 aromatic heterocycles. The van der Waals surface area contributed by atoms with E-state index < -0.39 is 22.8 Å². The van der Waals surface area contributed by atoms with E-state index in [1.165, 1.54) is 52.8 Å². The second-order valence-electron chi connectivity index (χ2n) is 22.2. The fourth-order valence-electron chi connectivity index (χ4n) is 11.4. The molecule has 0 saturated carbocycles. The van der Waals surface area contributed by atoms with E-state index in [2.05, 4.69) is 78.9 Å². The van der Waals surface area contributed by atoms with Crippen LogP contribution in [0.4, 0.5) is 11.4 Å². The Balaban J connectivity index is 0.649. The minimum absolute atomic E-state index is 0.00483. The fraction of sp³-hybridized carbons (Fsp3) is 0.419. The van der Waals surface area contributed by atoms with Crippen molar-refractivity contribution in [2.45, 2.75) is 79.7 Å². The second kappa shape index (κ2) is 24.5. The third-order valence-electron chi connectivity index (χ3n) is 15.4. The summed E-state index contributed by atoms with van der Waals surface area (Å²) in [4.78, 5) is 63.7. The summed E-state index contributed by atoms with van der Waals surface area (Å²) in [5.74, 6) is 0.285. The highest BCUT2D eigenvalue weighted by molar-refractivity contribution is 7.17. The fourth-order valence-corrected chi connectivity index (χ4v) is 13.0. The molecule has 0 bridgehead atoms. The van der Waals surface area contributed by atoms with Gasteiger partial charge >= 0.3 is 11.9 Å². The van der Waals surface area contributed by atoms with Gasteiger partial charge in [0.2, 0.25) is 0 Å². The molecule has 0 radical (unpaired) electrons. The predicted octanol–water partition coefficient (Wildman–Crippen LogP) is 11.2. The Kier molecular flexibility index (Phi) is 17.2. The molecule has 0 aliphatic carbocycles. The third kappa shape index (κ3) is 13.2. The zero-order valence-corrected chi connectivity index (χ0v) is 47.1. The number of carbonyl (C=O) groups is 2. The molecule has 6 heterocycles. The number of anilines is 2. The first-order chi connectivity index (χ1) is 37.8. The van der Waals surface area contributed by atoms with Crippen molar-refractivity contribution >= 4 is 88.0 Å². The molecule has 2 aliphatic rings. The molecule has 0 unspecified atom stereocenters. The van der Waals surface area contributed by atoms with Crippen LogP contribution in [0.3, 0.4) is 0 Å². The van der Waals surface area contributed by atoms with Crippen molar-refractivity contribution in [2.24, 2.45) is 10.8 Å². The normalized spacial score (nSPS) is 14.9. The van der Waals surface area contributed by atoms with Crippen LogP contribution in [0.2, 0.25) is 0 Å². The van der Waals surface area contributed by atoms with E-state index in [-0.39, 0.29) is 37.4 Å². The van der Waals surface area contributed by atoms with Crippen molar-refractivity contribution in [1.82, 2.24) is 18.9 Å². The maximum absolute atomic E-state index is 13.8. The molecule has 10 rings (SSSR count). The molecular formula is C62H72N6O8S2. The largest absolute Gasteiger partial charge is 0.494 e. The monoisotopic (exact) mass is 1090 g/mol. The molecule has 0 N–H and O–H groups in total. The van der Waals surface area contributed by atoms with Crippen LogP contribution in [0.5, 0.6) is 11.5 Å². The average molecular weight is 1090 g/mol. The molecule has 2 aliphatic heterocycles. The maximum atomic E-state index is 13.8. The zero-order valence-electron chi connectivity index (χ0n) is 45.5. The average Bonchev–Trinajstić information content (AvgIpc) is 4.14. The molecule has 0 atom stereocenters. The highest BCUT2D eigenvalue weighted by Crippen LogP contribution is 2.38. The van der Waals surface area contributed by atoms with E-state index >= 15 is 0 Å². The second-order valence-corrected chi connectivity index (χ2v) is 24.1. The van der Waals surface area contributed by atoms with Crippen LogP contribution in [0.25, 0.3) is 42.0 Å². The summed E-state index contributed by atoms with van der Waals surface area (Å²) in [6.45, 7) is 18.1. The van der Waals surface area contributed by atoms with E-state index in [0.717, 1.165) is 102 Å². The van der Waals surface area contributed by atoms with Crippen LogP contribution in [0, 0.1) is 10.8 Å². The van der Waals surface area contributed by atoms with Gasteiger partial charge in [-0.05, 0) is 159 Å². The van der Waals surface area contributed by atoms with Gasteiger partial charge in [0.15, 0.2) is 13.5 Å². The molecule has 410 valence electrons. The lowest BCUT2D eigenvalue weighted by atomic mass is 9.73. The van der Waals surface area contributed by atoms with Crippen LogP contribution in [-0.4, -0.2) is 110 Å². The Morgan fingerprint density at radius 2 is 1.00 bits per heavy atom. The van der Waals surface area contributed by atoms with Gasteiger partial charge in [0.1, 0.15) is 11.5 Å². The Bertz CT molecular complexity index is 3490. The Hall–Kier alpha value is -6.72. The van der Waals surface area contributed by atoms with Crippen LogP contribution >= 0.6 is 22.7 Å². The lowest BCUT2D eigenvalue weighted by molar-refractivity contribution is -0.161. The third-order valence-corrected chi connectivity index (χ3v) is 17.1. The number of esters is 2. The van der Waals surface area contributed by atoms with Gasteiger partial charge in [-0.3, -0.25) is 38.1 Å². The summed E-state index contributed by atoms with van der Waals surface area (Å²) >= 11 is 3.58. The van der Waals surface area contributed by atoms with Crippen LogP contribution in [0.15, 0.2) is 130 Å². The number of unbranched alkanes of at least 4 members (excludes halogenated alkanes) is 2. The van der Waals surface area contributed by atoms with E-state index in [4.69, 9.17) is 18.9 Å². The first-order valence-corrected chi connectivity index (χ1v) is 29.3. The Labute approximate surface area is 464 Å². The highest BCUT2D eigenvalue weighted by Gasteiger charge is 2.38. The summed E-state index contributed by atoms with van der Waals surface area (Å²) in [7, 11) is 0. The number of fused-ring (bicyclic) bond motifs is 4. The quantitative estimate of drug-likeness (QED) is 0.0447. The Morgan fingerprint density at radius 1 is 0.538 bits per heavy atom. The molecule has 4 aromatic carbocycles. The smallest absolute Gasteiger partial charge is 0.313 e. The number of rotatable bonds is 23. The van der Waals surface area contributed by atoms with E-state index in [1.54, 1.807) is 48.7 Å². The first-order valence-electron chi connectivity index (χ1n) is 27.5. The van der Waals surface area contributed by atoms with Gasteiger partial charge in [0.05, 0.1) is 36.1 Å². The maximum Gasteiger partial charge on any atom is 0.313 e. The van der Waals surface area contributed by atoms with Crippen molar-refractivity contribution in [2.75, 3.05) is 88.5 Å². The lowest BCUT2D eigenvalue weighted by Crippen LogP contribution is -2.46. The summed E-state index contributed by atoms with van der Waals surface area (Å²) in [5, 5.41) is 8.65. The van der Waals surface area contributed by atoms with Gasteiger partial charge in [-0.25, -0.2) is 0 Å². The molecular weight excluding hydrogens is 1020 g/mol. The standard InChI is InChI=1S/C62H72N6O8S2/c1-61(2,41-59(71)75-43-67-53-39-47(19-15-45(53)17-21-57(67)69)73-35-7-5-25-63-27-31-65(32-28-63)51-11-9-13-55-49(51)23-37-77-55)42-62(3,4)60(72)76-44-68-54-40-48(20-16-46(54)18-22-58(68)70)74-36-8-6-26-64-29-33-66(34-30-64)52-12-10-14-56-50(52)24-38-78-56/h9-24,37-40H,5-8,25-36,41-44H2,1-4H3. The van der Waals surface area contributed by atoms with Crippen molar-refractivity contribution in [3.63, 3.8) is 0 Å². The minimum atomic E-state index is -1.02. The van der Waals surface area contributed by atoms with E-state index in [0.29, 0.717) is 35.7 Å². The van der Waals surface area contributed by atoms with Crippen LogP contribution in [0.1, 0.15) is 66.2 Å². The molecule has 0 spiro atoms. The topological polar surface area (TPSA) is 128 Å². The van der Waals surface area contributed by atoms with Crippen molar-refractivity contribution in [3.05, 3.63) is 141 Å². The van der Waals surface area contributed by atoms with Crippen molar-refractivity contribution < 1.29 is 28.5 Å². The molecule has 0 amide bonds. The predicted molar refractivity (Wildman–Crippen MR) is 316 cm³/mol. The number of hydrogen-bond donors (Lipinski definition) is 0. The summed E-state index contributed by atoms with van der Waals surface area (Å²) in [6.07, 6.45) is 4.11. The zero-order chi connectivity index (χ0) is 54.2. The molecule has 78 heavy (non-hydrogen) atoms. The van der Waals surface area contributed by atoms with Crippen LogP contribution < -0.4 is 30.4 Å². The number of pyridine rings is 2. The van der Waals surface area contributed by atoms with Crippen molar-refractivity contribution in [1.29, 1.82) is 0 Å². The summed E-state index contributed by atoms with van der Waals surface area (Å²) in [5.41, 5.74) is 1.57. The molecule has 14 nitrogen and oxygen atoms in total. The number of carbonyl (C=O) groups excluding carboxylic acids is 2. The number of aromatic nitrogens is 2. The summed E-state index contributed by atoms with van der Waals surface area (Å²) in [6, 6.07) is 35.3. The Morgan fingerprint density at radius 3 is 1.49 bits per heavy atom. The van der Waals surface area contributed by atoms with Crippen LogP contribution in [-0.2, 0) is 32.5 Å². The van der Waals surface area contributed by atoms with Gasteiger partial charge < -0.3 is 28.7 Å². The van der Waals surface area contributed by atoms with Gasteiger partial charge in [-0.1, -0.05) is 26.0 Å². The molecule has 2 fully saturated rings. The first kappa shape index (κ1) is 54.6. The molecule has 8 aromatic rings. The highest BCUT2D eigenvalue weighted by atomic mass is 32.1. The SMILES string of the molecule is CC(C)(CC(=O)OCn1c(=O)ccc2ccc(OCCCCN3CCN(c4cccc5sccc45)CC3)cc21)CC(C)(C)C(=O)OCn1c(=O)ccc2ccc(OCCCCN3CCN(c4cccc5sccc45)CC3)cc21. The number of hydrogen-bond acceptors (Lipinski definition) is 14.